The summed E-state index contributed by atoms with van der Waals surface area (Å²) in [6.45, 7) is 1.43. The van der Waals surface area contributed by atoms with Crippen LogP contribution in [0.25, 0.3) is 0 Å². The Labute approximate surface area is 80.4 Å². The number of rotatable bonds is 1. The molecule has 0 spiro atoms. The molecule has 0 saturated carbocycles. The molecule has 1 fully saturated rings. The Morgan fingerprint density at radius 3 is 2.50 bits per heavy atom. The molecular weight excluding hydrogens is 192 g/mol. The van der Waals surface area contributed by atoms with Crippen molar-refractivity contribution in [1.82, 2.24) is 0 Å². The molecule has 4 unspecified atom stereocenters. The van der Waals surface area contributed by atoms with Crippen LogP contribution in [0.3, 0.4) is 0 Å². The molecule has 0 bridgehead atoms. The summed E-state index contributed by atoms with van der Waals surface area (Å²) in [5.41, 5.74) is 0. The minimum Gasteiger partial charge on any atom is -0.467 e. The van der Waals surface area contributed by atoms with Gasteiger partial charge < -0.3 is 19.7 Å². The van der Waals surface area contributed by atoms with Gasteiger partial charge in [-0.1, -0.05) is 0 Å². The van der Waals surface area contributed by atoms with Crippen LogP contribution in [0.1, 0.15) is 6.92 Å². The Hall–Kier alpha value is -0.980. The molecule has 1 aliphatic rings. The van der Waals surface area contributed by atoms with Gasteiger partial charge in [-0.25, -0.2) is 4.79 Å². The van der Waals surface area contributed by atoms with E-state index >= 15 is 0 Å². The lowest BCUT2D eigenvalue weighted by Gasteiger charge is -2.32. The van der Waals surface area contributed by atoms with Crippen LogP contribution in [-0.2, 0) is 19.1 Å². The van der Waals surface area contributed by atoms with Gasteiger partial charge in [-0.15, -0.1) is 0 Å². The molecule has 0 aromatic heterocycles. The standard InChI is InChI=1S/C8H12O6/c1-3-4(9)5(10)6(11)7(14-3)8(12)13-2/h3-4,6-7,9,11H,1-2H3. The van der Waals surface area contributed by atoms with Gasteiger partial charge in [0.15, 0.2) is 18.0 Å². The molecular formula is C8H12O6. The zero-order valence-electron chi connectivity index (χ0n) is 7.84. The van der Waals surface area contributed by atoms with Gasteiger partial charge in [0.2, 0.25) is 0 Å². The normalized spacial score (nSPS) is 38.1. The SMILES string of the molecule is COC(=O)C1OC(C)C(O)C(=O)C1O. The molecule has 4 atom stereocenters. The third-order valence-electron chi connectivity index (χ3n) is 2.11. The van der Waals surface area contributed by atoms with Gasteiger partial charge in [-0.3, -0.25) is 4.79 Å². The van der Waals surface area contributed by atoms with Crippen LogP contribution in [-0.4, -0.2) is 53.5 Å². The van der Waals surface area contributed by atoms with Crippen LogP contribution in [0.2, 0.25) is 0 Å². The van der Waals surface area contributed by atoms with Gasteiger partial charge in [0.1, 0.15) is 6.10 Å². The number of hydrogen-bond donors (Lipinski definition) is 2. The maximum Gasteiger partial charge on any atom is 0.338 e. The summed E-state index contributed by atoms with van der Waals surface area (Å²) in [4.78, 5) is 22.2. The molecule has 0 radical (unpaired) electrons. The third kappa shape index (κ3) is 1.77. The lowest BCUT2D eigenvalue weighted by Crippen LogP contribution is -2.56. The maximum absolute atomic E-state index is 11.2. The average molecular weight is 204 g/mol. The molecule has 0 amide bonds. The number of carbonyl (C=O) groups excluding carboxylic acids is 2. The second-order valence-electron chi connectivity index (χ2n) is 3.08. The largest absolute Gasteiger partial charge is 0.467 e. The monoisotopic (exact) mass is 204 g/mol. The van der Waals surface area contributed by atoms with E-state index in [2.05, 4.69) is 4.74 Å². The highest BCUT2D eigenvalue weighted by Crippen LogP contribution is 2.18. The highest BCUT2D eigenvalue weighted by molar-refractivity contribution is 5.94. The molecule has 0 aromatic carbocycles. The summed E-state index contributed by atoms with van der Waals surface area (Å²) in [6.07, 6.45) is -5.22. The lowest BCUT2D eigenvalue weighted by molar-refractivity contribution is -0.194. The van der Waals surface area contributed by atoms with E-state index in [1.54, 1.807) is 0 Å². The number of hydrogen-bond acceptors (Lipinski definition) is 6. The van der Waals surface area contributed by atoms with E-state index in [4.69, 9.17) is 4.74 Å². The van der Waals surface area contributed by atoms with Crippen molar-refractivity contribution in [3.05, 3.63) is 0 Å². The Morgan fingerprint density at radius 1 is 1.43 bits per heavy atom. The van der Waals surface area contributed by atoms with Crippen LogP contribution in [0.5, 0.6) is 0 Å². The van der Waals surface area contributed by atoms with Crippen molar-refractivity contribution in [3.8, 4) is 0 Å². The molecule has 6 heteroatoms. The highest BCUT2D eigenvalue weighted by atomic mass is 16.6. The number of carbonyl (C=O) groups is 2. The lowest BCUT2D eigenvalue weighted by atomic mass is 9.97. The van der Waals surface area contributed by atoms with Gasteiger partial charge in [-0.2, -0.15) is 0 Å². The van der Waals surface area contributed by atoms with E-state index in [-0.39, 0.29) is 0 Å². The molecule has 2 N–H and O–H groups in total. The number of aliphatic hydroxyl groups is 2. The summed E-state index contributed by atoms with van der Waals surface area (Å²) >= 11 is 0. The van der Waals surface area contributed by atoms with Crippen molar-refractivity contribution < 1.29 is 29.3 Å². The van der Waals surface area contributed by atoms with Crippen LogP contribution >= 0.6 is 0 Å². The summed E-state index contributed by atoms with van der Waals surface area (Å²) in [6, 6.07) is 0. The van der Waals surface area contributed by atoms with Crippen LogP contribution < -0.4 is 0 Å². The van der Waals surface area contributed by atoms with E-state index < -0.39 is 36.2 Å². The van der Waals surface area contributed by atoms with Crippen molar-refractivity contribution >= 4 is 11.8 Å². The summed E-state index contributed by atoms with van der Waals surface area (Å²) < 4.78 is 9.27. The summed E-state index contributed by atoms with van der Waals surface area (Å²) in [5.74, 6) is -1.65. The van der Waals surface area contributed by atoms with E-state index in [0.29, 0.717) is 0 Å². The first-order valence-corrected chi connectivity index (χ1v) is 4.12. The molecule has 1 rings (SSSR count). The van der Waals surface area contributed by atoms with E-state index in [1.807, 2.05) is 0 Å². The van der Waals surface area contributed by atoms with E-state index in [9.17, 15) is 19.8 Å². The number of Topliss-reactive ketones (excluding diaryl/α,β-unsaturated/α-hetero) is 1. The fourth-order valence-corrected chi connectivity index (χ4v) is 1.24. The molecule has 80 valence electrons. The average Bonchev–Trinajstić information content (AvgIpc) is 2.19. The topological polar surface area (TPSA) is 93.1 Å². The third-order valence-corrected chi connectivity index (χ3v) is 2.11. The number of ether oxygens (including phenoxy) is 2. The van der Waals surface area contributed by atoms with Crippen molar-refractivity contribution in [2.24, 2.45) is 0 Å². The fraction of sp³-hybridized carbons (Fsp3) is 0.750. The number of ketones is 1. The zero-order valence-corrected chi connectivity index (χ0v) is 7.84. The second kappa shape index (κ2) is 4.04. The maximum atomic E-state index is 11.2. The Kier molecular flexibility index (Phi) is 3.20. The predicted molar refractivity (Wildman–Crippen MR) is 43.4 cm³/mol. The fourth-order valence-electron chi connectivity index (χ4n) is 1.24. The van der Waals surface area contributed by atoms with Gasteiger partial charge in [0.05, 0.1) is 13.2 Å². The first-order chi connectivity index (χ1) is 6.49. The minimum absolute atomic E-state index is 0.820. The van der Waals surface area contributed by atoms with Crippen LogP contribution in [0.4, 0.5) is 0 Å². The van der Waals surface area contributed by atoms with E-state index in [1.165, 1.54) is 6.92 Å². The van der Waals surface area contributed by atoms with Crippen LogP contribution in [0, 0.1) is 0 Å². The quantitative estimate of drug-likeness (QED) is 0.491. The Morgan fingerprint density at radius 2 is 2.00 bits per heavy atom. The molecule has 6 nitrogen and oxygen atoms in total. The van der Waals surface area contributed by atoms with Crippen molar-refractivity contribution in [3.63, 3.8) is 0 Å². The van der Waals surface area contributed by atoms with Crippen LogP contribution in [0.15, 0.2) is 0 Å². The number of aliphatic hydroxyl groups excluding tert-OH is 2. The first-order valence-electron chi connectivity index (χ1n) is 4.12. The predicted octanol–water partition coefficient (Wildman–Crippen LogP) is -1.76. The molecule has 1 aliphatic heterocycles. The summed E-state index contributed by atoms with van der Waals surface area (Å²) in [5, 5.41) is 18.5. The van der Waals surface area contributed by atoms with Crippen molar-refractivity contribution in [2.75, 3.05) is 7.11 Å². The first kappa shape index (κ1) is 11.1. The van der Waals surface area contributed by atoms with Gasteiger partial charge in [-0.05, 0) is 6.92 Å². The Balaban J connectivity index is 2.80. The van der Waals surface area contributed by atoms with Crippen molar-refractivity contribution in [1.29, 1.82) is 0 Å². The van der Waals surface area contributed by atoms with Crippen molar-refractivity contribution in [2.45, 2.75) is 31.3 Å². The molecule has 0 aliphatic carbocycles. The molecule has 14 heavy (non-hydrogen) atoms. The molecule has 0 aromatic rings. The number of esters is 1. The molecule has 1 heterocycles. The van der Waals surface area contributed by atoms with Gasteiger partial charge >= 0.3 is 5.97 Å². The zero-order chi connectivity index (χ0) is 10.9. The number of methoxy groups -OCH3 is 1. The highest BCUT2D eigenvalue weighted by Gasteiger charge is 2.45. The smallest absolute Gasteiger partial charge is 0.338 e. The minimum atomic E-state index is -1.66. The molecule has 1 saturated heterocycles. The Bertz CT molecular complexity index is 250. The second-order valence-corrected chi connectivity index (χ2v) is 3.08. The van der Waals surface area contributed by atoms with E-state index in [0.717, 1.165) is 7.11 Å². The van der Waals surface area contributed by atoms with Gasteiger partial charge in [0.25, 0.3) is 0 Å². The summed E-state index contributed by atoms with van der Waals surface area (Å²) in [7, 11) is 1.12. The van der Waals surface area contributed by atoms with Gasteiger partial charge in [0, 0.05) is 0 Å².